The lowest BCUT2D eigenvalue weighted by Gasteiger charge is -2.24. The van der Waals surface area contributed by atoms with E-state index < -0.39 is 11.7 Å². The predicted molar refractivity (Wildman–Crippen MR) is 86.6 cm³/mol. The van der Waals surface area contributed by atoms with E-state index in [-0.39, 0.29) is 30.5 Å². The van der Waals surface area contributed by atoms with Crippen LogP contribution in [0.2, 0.25) is 0 Å². The molecule has 0 aliphatic heterocycles. The molecule has 0 aliphatic rings. The minimum absolute atomic E-state index is 0.0346. The highest BCUT2D eigenvalue weighted by molar-refractivity contribution is 5.94. The van der Waals surface area contributed by atoms with Gasteiger partial charge < -0.3 is 10.2 Å². The lowest BCUT2D eigenvalue weighted by atomic mass is 10.2. The molecule has 6 nitrogen and oxygen atoms in total. The summed E-state index contributed by atoms with van der Waals surface area (Å²) in [6.07, 6.45) is 3.16. The Morgan fingerprint density at radius 3 is 2.71 bits per heavy atom. The van der Waals surface area contributed by atoms with Crippen molar-refractivity contribution in [3.05, 3.63) is 59.9 Å². The Labute approximate surface area is 139 Å². The number of carbonyl (C=O) groups excluding carboxylic acids is 2. The van der Waals surface area contributed by atoms with Gasteiger partial charge in [-0.3, -0.25) is 9.59 Å². The van der Waals surface area contributed by atoms with Crippen molar-refractivity contribution < 1.29 is 14.0 Å². The van der Waals surface area contributed by atoms with E-state index in [1.165, 1.54) is 24.5 Å². The minimum atomic E-state index is -0.587. The molecule has 0 radical (unpaired) electrons. The molecule has 0 saturated carbocycles. The van der Waals surface area contributed by atoms with Crippen LogP contribution in [0, 0.1) is 5.82 Å². The summed E-state index contributed by atoms with van der Waals surface area (Å²) in [5.41, 5.74) is 0.698. The number of hydrogen-bond acceptors (Lipinski definition) is 4. The van der Waals surface area contributed by atoms with Gasteiger partial charge in [0.05, 0.1) is 17.3 Å². The zero-order valence-electron chi connectivity index (χ0n) is 13.6. The highest BCUT2D eigenvalue weighted by Gasteiger charge is 2.18. The Kier molecular flexibility index (Phi) is 5.95. The van der Waals surface area contributed by atoms with Gasteiger partial charge in [-0.15, -0.1) is 0 Å². The normalized spacial score (nSPS) is 11.6. The summed E-state index contributed by atoms with van der Waals surface area (Å²) in [5, 5.41) is 2.55. The molecule has 2 amide bonds. The molecular formula is C17H19FN4O2. The number of hydrogen-bond donors (Lipinski definition) is 1. The van der Waals surface area contributed by atoms with Crippen molar-refractivity contribution in [2.24, 2.45) is 0 Å². The van der Waals surface area contributed by atoms with Crippen LogP contribution >= 0.6 is 0 Å². The van der Waals surface area contributed by atoms with E-state index in [2.05, 4.69) is 15.3 Å². The van der Waals surface area contributed by atoms with E-state index in [9.17, 15) is 14.0 Å². The zero-order valence-corrected chi connectivity index (χ0v) is 13.6. The van der Waals surface area contributed by atoms with Crippen molar-refractivity contribution in [2.45, 2.75) is 19.4 Å². The maximum Gasteiger partial charge on any atom is 0.254 e. The van der Waals surface area contributed by atoms with Crippen LogP contribution < -0.4 is 5.32 Å². The van der Waals surface area contributed by atoms with Crippen LogP contribution in [0.5, 0.6) is 0 Å². The van der Waals surface area contributed by atoms with Gasteiger partial charge in [0.1, 0.15) is 12.1 Å². The SMILES string of the molecule is C[C@H](c1ccncn1)N(C)C(=O)CCNC(=O)c1ccccc1F. The van der Waals surface area contributed by atoms with Crippen LogP contribution in [0.3, 0.4) is 0 Å². The molecule has 1 atom stereocenters. The Bertz CT molecular complexity index is 709. The van der Waals surface area contributed by atoms with Crippen molar-refractivity contribution >= 4 is 11.8 Å². The van der Waals surface area contributed by atoms with Gasteiger partial charge in [0, 0.05) is 26.2 Å². The number of aromatic nitrogens is 2. The topological polar surface area (TPSA) is 75.2 Å². The van der Waals surface area contributed by atoms with Crippen molar-refractivity contribution in [2.75, 3.05) is 13.6 Å². The fourth-order valence-corrected chi connectivity index (χ4v) is 2.16. The number of nitrogens with zero attached hydrogens (tertiary/aromatic N) is 3. The number of halogens is 1. The maximum atomic E-state index is 13.5. The molecule has 1 aromatic heterocycles. The second kappa shape index (κ2) is 8.14. The van der Waals surface area contributed by atoms with Crippen molar-refractivity contribution in [3.8, 4) is 0 Å². The van der Waals surface area contributed by atoms with Crippen LogP contribution in [0.4, 0.5) is 4.39 Å². The number of benzene rings is 1. The number of nitrogens with one attached hydrogen (secondary N) is 1. The van der Waals surface area contributed by atoms with E-state index in [0.29, 0.717) is 0 Å². The number of amides is 2. The third-order valence-electron chi connectivity index (χ3n) is 3.75. The largest absolute Gasteiger partial charge is 0.351 e. The smallest absolute Gasteiger partial charge is 0.254 e. The average molecular weight is 330 g/mol. The summed E-state index contributed by atoms with van der Waals surface area (Å²) in [6.45, 7) is 1.99. The number of carbonyl (C=O) groups is 2. The van der Waals surface area contributed by atoms with Crippen molar-refractivity contribution in [1.29, 1.82) is 0 Å². The third kappa shape index (κ3) is 4.34. The van der Waals surface area contributed by atoms with Gasteiger partial charge in [-0.05, 0) is 25.1 Å². The number of rotatable bonds is 6. The quantitative estimate of drug-likeness (QED) is 0.878. The summed E-state index contributed by atoms with van der Waals surface area (Å²) < 4.78 is 13.5. The zero-order chi connectivity index (χ0) is 17.5. The minimum Gasteiger partial charge on any atom is -0.351 e. The molecule has 1 aromatic carbocycles. The summed E-state index contributed by atoms with van der Waals surface area (Å²) in [4.78, 5) is 33.6. The van der Waals surface area contributed by atoms with Gasteiger partial charge in [0.15, 0.2) is 0 Å². The van der Waals surface area contributed by atoms with Crippen molar-refractivity contribution in [3.63, 3.8) is 0 Å². The molecule has 7 heteroatoms. The first-order valence-corrected chi connectivity index (χ1v) is 7.55. The van der Waals surface area contributed by atoms with Crippen LogP contribution in [0.1, 0.15) is 35.4 Å². The van der Waals surface area contributed by atoms with Gasteiger partial charge in [0.2, 0.25) is 5.91 Å². The predicted octanol–water partition coefficient (Wildman–Crippen LogP) is 1.96. The third-order valence-corrected chi connectivity index (χ3v) is 3.75. The molecule has 0 spiro atoms. The molecule has 0 fully saturated rings. The lowest BCUT2D eigenvalue weighted by Crippen LogP contribution is -2.34. The van der Waals surface area contributed by atoms with Crippen LogP contribution in [0.25, 0.3) is 0 Å². The molecule has 0 saturated heterocycles. The fourth-order valence-electron chi connectivity index (χ4n) is 2.16. The summed E-state index contributed by atoms with van der Waals surface area (Å²) in [7, 11) is 1.67. The molecule has 0 bridgehead atoms. The van der Waals surface area contributed by atoms with Gasteiger partial charge in [-0.1, -0.05) is 12.1 Å². The van der Waals surface area contributed by atoms with E-state index in [4.69, 9.17) is 0 Å². The Morgan fingerprint density at radius 1 is 1.29 bits per heavy atom. The lowest BCUT2D eigenvalue weighted by molar-refractivity contribution is -0.131. The first-order chi connectivity index (χ1) is 11.5. The summed E-state index contributed by atoms with van der Waals surface area (Å²) in [6, 6.07) is 7.25. The monoisotopic (exact) mass is 330 g/mol. The summed E-state index contributed by atoms with van der Waals surface area (Å²) >= 11 is 0. The standard InChI is InChI=1S/C17H19FN4O2/c1-12(15-7-9-19-11-21-15)22(2)16(23)8-10-20-17(24)13-5-3-4-6-14(13)18/h3-7,9,11-12H,8,10H2,1-2H3,(H,20,24)/t12-/m1/s1. The van der Waals surface area contributed by atoms with E-state index in [1.54, 1.807) is 30.3 Å². The maximum absolute atomic E-state index is 13.5. The first kappa shape index (κ1) is 17.5. The molecule has 2 aromatic rings. The Balaban J connectivity index is 1.85. The average Bonchev–Trinajstić information content (AvgIpc) is 2.61. The molecule has 2 rings (SSSR count). The second-order valence-electron chi connectivity index (χ2n) is 5.30. The molecule has 1 heterocycles. The van der Waals surface area contributed by atoms with Gasteiger partial charge in [-0.25, -0.2) is 14.4 Å². The Hall–Kier alpha value is -2.83. The molecule has 0 unspecified atom stereocenters. The van der Waals surface area contributed by atoms with E-state index >= 15 is 0 Å². The van der Waals surface area contributed by atoms with Gasteiger partial charge in [-0.2, -0.15) is 0 Å². The highest BCUT2D eigenvalue weighted by Crippen LogP contribution is 2.16. The van der Waals surface area contributed by atoms with E-state index in [0.717, 1.165) is 5.69 Å². The molecule has 126 valence electrons. The van der Waals surface area contributed by atoms with Crippen molar-refractivity contribution in [1.82, 2.24) is 20.2 Å². The fraction of sp³-hybridized carbons (Fsp3) is 0.294. The molecule has 1 N–H and O–H groups in total. The van der Waals surface area contributed by atoms with Crippen LogP contribution in [-0.4, -0.2) is 40.3 Å². The molecule has 24 heavy (non-hydrogen) atoms. The van der Waals surface area contributed by atoms with Gasteiger partial charge in [0.25, 0.3) is 5.91 Å². The summed E-state index contributed by atoms with van der Waals surface area (Å²) in [5.74, 6) is -1.27. The van der Waals surface area contributed by atoms with Gasteiger partial charge >= 0.3 is 0 Å². The highest BCUT2D eigenvalue weighted by atomic mass is 19.1. The molecule has 0 aliphatic carbocycles. The second-order valence-corrected chi connectivity index (χ2v) is 5.30. The first-order valence-electron chi connectivity index (χ1n) is 7.55. The van der Waals surface area contributed by atoms with Crippen LogP contribution in [0.15, 0.2) is 42.9 Å². The molecular weight excluding hydrogens is 311 g/mol. The Morgan fingerprint density at radius 2 is 2.04 bits per heavy atom. The van der Waals surface area contributed by atoms with E-state index in [1.807, 2.05) is 6.92 Å². The van der Waals surface area contributed by atoms with Crippen LogP contribution in [-0.2, 0) is 4.79 Å².